The Balaban J connectivity index is 1.77. The van der Waals surface area contributed by atoms with E-state index in [9.17, 15) is 9.59 Å². The van der Waals surface area contributed by atoms with Gasteiger partial charge in [-0.25, -0.2) is 0 Å². The zero-order valence-corrected chi connectivity index (χ0v) is 15.4. The van der Waals surface area contributed by atoms with Crippen LogP contribution in [0.5, 0.6) is 0 Å². The van der Waals surface area contributed by atoms with Gasteiger partial charge in [-0.05, 0) is 43.0 Å². The van der Waals surface area contributed by atoms with Crippen LogP contribution >= 0.6 is 0 Å². The number of carbonyl (C=O) groups excluding carboxylic acids is 2. The van der Waals surface area contributed by atoms with Crippen LogP contribution in [0.25, 0.3) is 11.1 Å². The molecule has 0 unspecified atom stereocenters. The molecule has 1 fully saturated rings. The van der Waals surface area contributed by atoms with E-state index in [4.69, 9.17) is 4.98 Å². The molecule has 1 aromatic carbocycles. The number of benzene rings is 1. The third kappa shape index (κ3) is 4.48. The summed E-state index contributed by atoms with van der Waals surface area (Å²) in [6.45, 7) is 4.90. The number of pyridine rings is 1. The van der Waals surface area contributed by atoms with Crippen molar-refractivity contribution in [3.8, 4) is 11.1 Å². The van der Waals surface area contributed by atoms with Crippen molar-refractivity contribution in [3.63, 3.8) is 0 Å². The van der Waals surface area contributed by atoms with Gasteiger partial charge in [0.1, 0.15) is 0 Å². The Morgan fingerprint density at radius 3 is 2.69 bits per heavy atom. The molecule has 1 aliphatic rings. The number of aryl methyl sites for hydroxylation is 1. The van der Waals surface area contributed by atoms with Crippen LogP contribution in [0.15, 0.2) is 42.5 Å². The van der Waals surface area contributed by atoms with Crippen LogP contribution in [0, 0.1) is 6.92 Å². The lowest BCUT2D eigenvalue weighted by Gasteiger charge is -2.33. The van der Waals surface area contributed by atoms with Crippen molar-refractivity contribution in [1.82, 2.24) is 15.2 Å². The number of likely N-dealkylation sites (tertiary alicyclic amines) is 1. The number of aromatic nitrogens is 1. The molecule has 136 valence electrons. The highest BCUT2D eigenvalue weighted by atomic mass is 16.2. The third-order valence-electron chi connectivity index (χ3n) is 4.76. The Bertz CT molecular complexity index is 789. The number of nitrogens with one attached hydrogen (secondary N) is 1. The van der Waals surface area contributed by atoms with Crippen molar-refractivity contribution in [1.29, 1.82) is 0 Å². The highest BCUT2D eigenvalue weighted by molar-refractivity contribution is 5.83. The SMILES string of the molecule is CC(=O)NCC(=O)N1CCC[C@@H](c2cc(-c3ccccc3)cc(C)n2)C1. The van der Waals surface area contributed by atoms with E-state index < -0.39 is 0 Å². The monoisotopic (exact) mass is 351 g/mol. The van der Waals surface area contributed by atoms with E-state index in [-0.39, 0.29) is 24.3 Å². The molecule has 0 bridgehead atoms. The molecule has 0 radical (unpaired) electrons. The summed E-state index contributed by atoms with van der Waals surface area (Å²) < 4.78 is 0. The number of carbonyl (C=O) groups is 2. The normalized spacial score (nSPS) is 17.0. The number of nitrogens with zero attached hydrogens (tertiary/aromatic N) is 2. The largest absolute Gasteiger partial charge is 0.347 e. The van der Waals surface area contributed by atoms with Crippen LogP contribution in [0.1, 0.15) is 37.1 Å². The van der Waals surface area contributed by atoms with Crippen molar-refractivity contribution in [2.75, 3.05) is 19.6 Å². The van der Waals surface area contributed by atoms with Crippen molar-refractivity contribution in [2.24, 2.45) is 0 Å². The number of piperidine rings is 1. The fourth-order valence-electron chi connectivity index (χ4n) is 3.46. The number of amides is 2. The van der Waals surface area contributed by atoms with Gasteiger partial charge >= 0.3 is 0 Å². The zero-order chi connectivity index (χ0) is 18.5. The van der Waals surface area contributed by atoms with Gasteiger partial charge in [0.25, 0.3) is 0 Å². The smallest absolute Gasteiger partial charge is 0.241 e. The number of rotatable bonds is 4. The second-order valence-electron chi connectivity index (χ2n) is 6.88. The molecule has 2 aromatic rings. The Hall–Kier alpha value is -2.69. The van der Waals surface area contributed by atoms with Crippen molar-refractivity contribution in [3.05, 3.63) is 53.9 Å². The summed E-state index contributed by atoms with van der Waals surface area (Å²) in [5.74, 6) is 0.0213. The summed E-state index contributed by atoms with van der Waals surface area (Å²) in [5, 5.41) is 2.59. The summed E-state index contributed by atoms with van der Waals surface area (Å²) in [5.41, 5.74) is 4.37. The van der Waals surface area contributed by atoms with Crippen LogP contribution in [-0.4, -0.2) is 41.3 Å². The fourth-order valence-corrected chi connectivity index (χ4v) is 3.46. The van der Waals surface area contributed by atoms with Crippen LogP contribution in [0.4, 0.5) is 0 Å². The first-order valence-electron chi connectivity index (χ1n) is 9.09. The molecule has 5 heteroatoms. The molecular formula is C21H25N3O2. The fraction of sp³-hybridized carbons (Fsp3) is 0.381. The minimum atomic E-state index is -0.181. The molecular weight excluding hydrogens is 326 g/mol. The van der Waals surface area contributed by atoms with Crippen LogP contribution in [0.3, 0.4) is 0 Å². The third-order valence-corrected chi connectivity index (χ3v) is 4.76. The van der Waals surface area contributed by atoms with Gasteiger partial charge in [0.15, 0.2) is 0 Å². The lowest BCUT2D eigenvalue weighted by Crippen LogP contribution is -2.44. The minimum absolute atomic E-state index is 0.0270. The highest BCUT2D eigenvalue weighted by Gasteiger charge is 2.26. The topological polar surface area (TPSA) is 62.3 Å². The molecule has 3 rings (SSSR count). The molecule has 0 saturated carbocycles. The first-order chi connectivity index (χ1) is 12.5. The Kier molecular flexibility index (Phi) is 5.66. The van der Waals surface area contributed by atoms with Crippen molar-refractivity contribution >= 4 is 11.8 Å². The van der Waals surface area contributed by atoms with E-state index in [0.29, 0.717) is 6.54 Å². The van der Waals surface area contributed by atoms with Crippen LogP contribution in [0.2, 0.25) is 0 Å². The summed E-state index contributed by atoms with van der Waals surface area (Å²) in [6, 6.07) is 14.5. The van der Waals surface area contributed by atoms with Gasteiger partial charge in [0.2, 0.25) is 11.8 Å². The van der Waals surface area contributed by atoms with E-state index in [0.717, 1.165) is 36.3 Å². The molecule has 1 N–H and O–H groups in total. The maximum Gasteiger partial charge on any atom is 0.241 e. The van der Waals surface area contributed by atoms with Crippen molar-refractivity contribution < 1.29 is 9.59 Å². The molecule has 2 amide bonds. The molecule has 5 nitrogen and oxygen atoms in total. The van der Waals surface area contributed by atoms with E-state index in [1.54, 1.807) is 0 Å². The summed E-state index contributed by atoms with van der Waals surface area (Å²) in [4.78, 5) is 29.9. The number of hydrogen-bond donors (Lipinski definition) is 1. The van der Waals surface area contributed by atoms with E-state index in [1.165, 1.54) is 12.5 Å². The lowest BCUT2D eigenvalue weighted by atomic mass is 9.92. The van der Waals surface area contributed by atoms with Gasteiger partial charge in [0, 0.05) is 37.3 Å². The molecule has 1 atom stereocenters. The molecule has 2 heterocycles. The Labute approximate surface area is 154 Å². The van der Waals surface area contributed by atoms with Gasteiger partial charge in [-0.1, -0.05) is 30.3 Å². The van der Waals surface area contributed by atoms with E-state index in [1.807, 2.05) is 30.0 Å². The average molecular weight is 351 g/mol. The molecule has 1 saturated heterocycles. The Morgan fingerprint density at radius 1 is 1.19 bits per heavy atom. The first kappa shape index (κ1) is 18.1. The second kappa shape index (κ2) is 8.13. The zero-order valence-electron chi connectivity index (χ0n) is 15.4. The average Bonchev–Trinajstić information content (AvgIpc) is 2.66. The predicted molar refractivity (Wildman–Crippen MR) is 102 cm³/mol. The van der Waals surface area contributed by atoms with Crippen molar-refractivity contribution in [2.45, 2.75) is 32.6 Å². The number of hydrogen-bond acceptors (Lipinski definition) is 3. The van der Waals surface area contributed by atoms with Gasteiger partial charge < -0.3 is 10.2 Å². The Morgan fingerprint density at radius 2 is 1.96 bits per heavy atom. The summed E-state index contributed by atoms with van der Waals surface area (Å²) in [7, 11) is 0. The van der Waals surface area contributed by atoms with Gasteiger partial charge in [-0.3, -0.25) is 14.6 Å². The van der Waals surface area contributed by atoms with Gasteiger partial charge in [0.05, 0.1) is 6.54 Å². The maximum absolute atomic E-state index is 12.3. The molecule has 1 aliphatic heterocycles. The predicted octanol–water partition coefficient (Wildman–Crippen LogP) is 2.90. The molecule has 0 spiro atoms. The standard InChI is InChI=1S/C21H25N3O2/c1-15-11-19(17-7-4-3-5-8-17)12-20(23-15)18-9-6-10-24(14-18)21(26)13-22-16(2)25/h3-5,7-8,11-12,18H,6,9-10,13-14H2,1-2H3,(H,22,25)/t18-/m1/s1. The van der Waals surface area contributed by atoms with E-state index in [2.05, 4.69) is 29.6 Å². The van der Waals surface area contributed by atoms with Crippen LogP contribution < -0.4 is 5.32 Å². The summed E-state index contributed by atoms with van der Waals surface area (Å²) >= 11 is 0. The molecule has 26 heavy (non-hydrogen) atoms. The quantitative estimate of drug-likeness (QED) is 0.921. The van der Waals surface area contributed by atoms with Gasteiger partial charge in [-0.2, -0.15) is 0 Å². The lowest BCUT2D eigenvalue weighted by molar-refractivity contribution is -0.133. The van der Waals surface area contributed by atoms with Crippen LogP contribution in [-0.2, 0) is 9.59 Å². The van der Waals surface area contributed by atoms with E-state index >= 15 is 0 Å². The molecule has 1 aromatic heterocycles. The first-order valence-corrected chi connectivity index (χ1v) is 9.09. The maximum atomic E-state index is 12.3. The second-order valence-corrected chi connectivity index (χ2v) is 6.88. The minimum Gasteiger partial charge on any atom is -0.347 e. The van der Waals surface area contributed by atoms with Gasteiger partial charge in [-0.15, -0.1) is 0 Å². The highest BCUT2D eigenvalue weighted by Crippen LogP contribution is 2.29. The summed E-state index contributed by atoms with van der Waals surface area (Å²) in [6.07, 6.45) is 1.97. The molecule has 0 aliphatic carbocycles.